The highest BCUT2D eigenvalue weighted by molar-refractivity contribution is 6.31. The third-order valence-corrected chi connectivity index (χ3v) is 5.10. The van der Waals surface area contributed by atoms with Gasteiger partial charge in [0.05, 0.1) is 18.4 Å². The van der Waals surface area contributed by atoms with E-state index in [1.807, 2.05) is 36.4 Å². The van der Waals surface area contributed by atoms with Crippen LogP contribution in [0.3, 0.4) is 0 Å². The molecule has 0 aromatic heterocycles. The molecule has 6 nitrogen and oxygen atoms in total. The van der Waals surface area contributed by atoms with Gasteiger partial charge in [-0.15, -0.1) is 0 Å². The number of hydrogen-bond donors (Lipinski definition) is 4. The number of allylic oxidation sites excluding steroid dienone is 3. The summed E-state index contributed by atoms with van der Waals surface area (Å²) >= 11 is 6.35. The lowest BCUT2D eigenvalue weighted by Crippen LogP contribution is -2.43. The fraction of sp³-hybridized carbons (Fsp3) is 0.333. The first kappa shape index (κ1) is 19.8. The number of amidine groups is 1. The molecule has 0 aliphatic carbocycles. The summed E-state index contributed by atoms with van der Waals surface area (Å²) < 4.78 is 0. The minimum absolute atomic E-state index is 0.0908. The first-order valence-corrected chi connectivity index (χ1v) is 9.75. The summed E-state index contributed by atoms with van der Waals surface area (Å²) in [7, 11) is 0. The van der Waals surface area contributed by atoms with Crippen molar-refractivity contribution < 1.29 is 0 Å². The molecule has 4 N–H and O–H groups in total. The minimum atomic E-state index is -0.0908. The second-order valence-corrected chi connectivity index (χ2v) is 7.15. The van der Waals surface area contributed by atoms with E-state index in [1.165, 1.54) is 0 Å². The second-order valence-electron chi connectivity index (χ2n) is 6.74. The summed E-state index contributed by atoms with van der Waals surface area (Å²) in [6.07, 6.45) is 4.54. The third-order valence-electron chi connectivity index (χ3n) is 4.76. The molecule has 1 atom stereocenters. The number of nitriles is 1. The van der Waals surface area contributed by atoms with Crippen LogP contribution in [0.5, 0.6) is 0 Å². The summed E-state index contributed by atoms with van der Waals surface area (Å²) in [6.45, 7) is 6.20. The van der Waals surface area contributed by atoms with Crippen LogP contribution in [-0.4, -0.2) is 25.5 Å². The maximum atomic E-state index is 8.85. The molecule has 0 bridgehead atoms. The number of aliphatic imine (C=N–C) groups is 1. The molecular weight excluding hydrogens is 372 g/mol. The smallest absolute Gasteiger partial charge is 0.127 e. The topological polar surface area (TPSA) is 84.3 Å². The summed E-state index contributed by atoms with van der Waals surface area (Å²) in [5.74, 6) is 1.84. The largest absolute Gasteiger partial charge is 0.372 e. The van der Waals surface area contributed by atoms with Crippen LogP contribution in [0.4, 0.5) is 0 Å². The first-order chi connectivity index (χ1) is 13.6. The van der Waals surface area contributed by atoms with E-state index in [-0.39, 0.29) is 6.17 Å². The van der Waals surface area contributed by atoms with Gasteiger partial charge in [-0.2, -0.15) is 5.26 Å². The van der Waals surface area contributed by atoms with Crippen molar-refractivity contribution >= 4 is 17.4 Å². The number of nitrogens with zero attached hydrogens (tertiary/aromatic N) is 2. The van der Waals surface area contributed by atoms with Gasteiger partial charge in [-0.3, -0.25) is 4.99 Å². The Morgan fingerprint density at radius 1 is 1.25 bits per heavy atom. The van der Waals surface area contributed by atoms with Crippen LogP contribution in [0, 0.1) is 11.3 Å². The summed E-state index contributed by atoms with van der Waals surface area (Å²) in [4.78, 5) is 4.76. The highest BCUT2D eigenvalue weighted by Gasteiger charge is 2.22. The average Bonchev–Trinajstić information content (AvgIpc) is 2.71. The SMILES string of the molecule is CC1=C(C)C(=NCCCNC2=CC=C(C#N)CN2)NC(c2ccccc2Cl)N1. The molecule has 2 aliphatic rings. The molecule has 3 rings (SSSR count). The van der Waals surface area contributed by atoms with Crippen molar-refractivity contribution in [2.75, 3.05) is 19.6 Å². The fourth-order valence-electron chi connectivity index (χ4n) is 3.00. The highest BCUT2D eigenvalue weighted by Crippen LogP contribution is 2.25. The molecule has 0 saturated heterocycles. The number of hydrogen-bond acceptors (Lipinski definition) is 5. The van der Waals surface area contributed by atoms with Gasteiger partial charge < -0.3 is 21.3 Å². The summed E-state index contributed by atoms with van der Waals surface area (Å²) in [5, 5.41) is 23.0. The molecule has 0 spiro atoms. The lowest BCUT2D eigenvalue weighted by molar-refractivity contribution is 0.543. The minimum Gasteiger partial charge on any atom is -0.372 e. The van der Waals surface area contributed by atoms with Crippen molar-refractivity contribution in [3.8, 4) is 6.07 Å². The Hall–Kier alpha value is -2.91. The van der Waals surface area contributed by atoms with Gasteiger partial charge >= 0.3 is 0 Å². The van der Waals surface area contributed by atoms with E-state index < -0.39 is 0 Å². The monoisotopic (exact) mass is 396 g/mol. The molecule has 7 heteroatoms. The van der Waals surface area contributed by atoms with Crippen molar-refractivity contribution in [2.45, 2.75) is 26.4 Å². The van der Waals surface area contributed by atoms with E-state index in [9.17, 15) is 0 Å². The summed E-state index contributed by atoms with van der Waals surface area (Å²) in [6, 6.07) is 9.97. The van der Waals surface area contributed by atoms with Crippen molar-refractivity contribution in [3.05, 3.63) is 69.7 Å². The molecule has 1 aromatic rings. The van der Waals surface area contributed by atoms with E-state index >= 15 is 0 Å². The molecule has 28 heavy (non-hydrogen) atoms. The van der Waals surface area contributed by atoms with E-state index in [0.717, 1.165) is 52.1 Å². The van der Waals surface area contributed by atoms with Gasteiger partial charge in [0.2, 0.25) is 0 Å². The van der Waals surface area contributed by atoms with Crippen LogP contribution >= 0.6 is 11.6 Å². The molecule has 0 radical (unpaired) electrons. The van der Waals surface area contributed by atoms with E-state index in [0.29, 0.717) is 13.1 Å². The van der Waals surface area contributed by atoms with Crippen molar-refractivity contribution in [1.29, 1.82) is 5.26 Å². The molecule has 0 fully saturated rings. The Kier molecular flexibility index (Phi) is 6.62. The molecule has 0 saturated carbocycles. The number of dihydropyridines is 1. The average molecular weight is 397 g/mol. The van der Waals surface area contributed by atoms with Gasteiger partial charge in [0, 0.05) is 40.5 Å². The lowest BCUT2D eigenvalue weighted by atomic mass is 10.1. The van der Waals surface area contributed by atoms with Crippen LogP contribution in [-0.2, 0) is 0 Å². The van der Waals surface area contributed by atoms with Gasteiger partial charge in [0.1, 0.15) is 12.0 Å². The molecular formula is C21H25ClN6. The van der Waals surface area contributed by atoms with Crippen molar-refractivity contribution in [3.63, 3.8) is 0 Å². The Bertz CT molecular complexity index is 890. The predicted molar refractivity (Wildman–Crippen MR) is 114 cm³/mol. The normalized spacial score (nSPS) is 20.4. The number of rotatable bonds is 6. The Labute approximate surface area is 171 Å². The zero-order valence-electron chi connectivity index (χ0n) is 16.1. The van der Waals surface area contributed by atoms with Crippen LogP contribution in [0.2, 0.25) is 5.02 Å². The summed E-state index contributed by atoms with van der Waals surface area (Å²) in [5.41, 5.74) is 3.95. The van der Waals surface area contributed by atoms with Crippen LogP contribution in [0.15, 0.2) is 64.1 Å². The second kappa shape index (κ2) is 9.34. The molecule has 2 heterocycles. The number of halogens is 1. The Morgan fingerprint density at radius 2 is 2.07 bits per heavy atom. The van der Waals surface area contributed by atoms with Crippen LogP contribution in [0.25, 0.3) is 0 Å². The predicted octanol–water partition coefficient (Wildman–Crippen LogP) is 3.10. The van der Waals surface area contributed by atoms with Gasteiger partial charge in [0.25, 0.3) is 0 Å². The molecule has 0 amide bonds. The van der Waals surface area contributed by atoms with E-state index in [2.05, 4.69) is 41.2 Å². The van der Waals surface area contributed by atoms with Gasteiger partial charge in [0.15, 0.2) is 0 Å². The zero-order chi connectivity index (χ0) is 19.9. The third kappa shape index (κ3) is 4.87. The number of nitrogens with one attached hydrogen (secondary N) is 4. The van der Waals surface area contributed by atoms with E-state index in [1.54, 1.807) is 0 Å². The van der Waals surface area contributed by atoms with Crippen molar-refractivity contribution in [1.82, 2.24) is 21.3 Å². The maximum Gasteiger partial charge on any atom is 0.127 e. The van der Waals surface area contributed by atoms with Crippen LogP contribution < -0.4 is 21.3 Å². The van der Waals surface area contributed by atoms with Crippen LogP contribution in [0.1, 0.15) is 32.0 Å². The zero-order valence-corrected chi connectivity index (χ0v) is 16.9. The van der Waals surface area contributed by atoms with Crippen molar-refractivity contribution in [2.24, 2.45) is 4.99 Å². The molecule has 146 valence electrons. The molecule has 1 unspecified atom stereocenters. The van der Waals surface area contributed by atoms with Gasteiger partial charge in [-0.1, -0.05) is 29.8 Å². The maximum absolute atomic E-state index is 8.85. The van der Waals surface area contributed by atoms with Gasteiger partial charge in [-0.25, -0.2) is 0 Å². The number of benzene rings is 1. The Morgan fingerprint density at radius 3 is 2.79 bits per heavy atom. The highest BCUT2D eigenvalue weighted by atomic mass is 35.5. The van der Waals surface area contributed by atoms with Gasteiger partial charge in [-0.05, 0) is 38.5 Å². The van der Waals surface area contributed by atoms with E-state index in [4.69, 9.17) is 21.9 Å². The lowest BCUT2D eigenvalue weighted by Gasteiger charge is -2.31. The fourth-order valence-corrected chi connectivity index (χ4v) is 3.24. The standard InChI is InChI=1S/C21H25ClN6/c1-14-15(2)27-21(17-6-3-4-7-18(17)22)28-20(14)25-11-5-10-24-19-9-8-16(12-23)13-26-19/h3-4,6-9,21,24,26-27H,5,10-11,13H2,1-2H3,(H,25,28). The Balaban J connectivity index is 1.55. The quantitative estimate of drug-likeness (QED) is 0.555. The molecule has 2 aliphatic heterocycles. The first-order valence-electron chi connectivity index (χ1n) is 9.37. The molecule has 1 aromatic carbocycles.